The van der Waals surface area contributed by atoms with Gasteiger partial charge in [-0.1, -0.05) is 18.2 Å². The lowest BCUT2D eigenvalue weighted by atomic mass is 10.2. The van der Waals surface area contributed by atoms with Crippen molar-refractivity contribution in [2.24, 2.45) is 4.99 Å². The summed E-state index contributed by atoms with van der Waals surface area (Å²) >= 11 is 0. The molecule has 3 aromatic rings. The van der Waals surface area contributed by atoms with Crippen LogP contribution in [0.4, 0.5) is 23.1 Å². The zero-order chi connectivity index (χ0) is 21.2. The van der Waals surface area contributed by atoms with Gasteiger partial charge in [0.15, 0.2) is 11.6 Å². The Hall–Kier alpha value is -3.39. The largest absolute Gasteiger partial charge is 0.460 e. The predicted molar refractivity (Wildman–Crippen MR) is 124 cm³/mol. The van der Waals surface area contributed by atoms with Crippen molar-refractivity contribution < 1.29 is 4.42 Å². The van der Waals surface area contributed by atoms with E-state index in [4.69, 9.17) is 10.2 Å². The lowest BCUT2D eigenvalue weighted by Gasteiger charge is -2.37. The topological polar surface area (TPSA) is 87.0 Å². The van der Waals surface area contributed by atoms with Gasteiger partial charge in [0, 0.05) is 51.2 Å². The van der Waals surface area contributed by atoms with Gasteiger partial charge in [0.05, 0.1) is 6.54 Å². The molecule has 0 atom stereocenters. The Bertz CT molecular complexity index is 1070. The molecule has 0 spiro atoms. The SMILES string of the molecule is Cc1ccc(-c2nc(N)nc3c2N=CCN3CCN2CCN(c3ccccc3)CC2)o1. The van der Waals surface area contributed by atoms with Gasteiger partial charge in [0.1, 0.15) is 17.1 Å². The second-order valence-corrected chi connectivity index (χ2v) is 7.93. The molecule has 0 unspecified atom stereocenters. The number of fused-ring (bicyclic) bond motifs is 1. The van der Waals surface area contributed by atoms with Gasteiger partial charge in [0.2, 0.25) is 5.95 Å². The first-order valence-electron chi connectivity index (χ1n) is 10.7. The van der Waals surface area contributed by atoms with Crippen LogP contribution in [0.15, 0.2) is 51.9 Å². The second kappa shape index (κ2) is 8.39. The highest BCUT2D eigenvalue weighted by molar-refractivity contribution is 5.87. The van der Waals surface area contributed by atoms with E-state index >= 15 is 0 Å². The number of para-hydroxylation sites is 1. The first kappa shape index (κ1) is 19.6. The molecule has 2 aromatic heterocycles. The number of hydrogen-bond acceptors (Lipinski definition) is 8. The number of rotatable bonds is 5. The third-order valence-electron chi connectivity index (χ3n) is 5.86. The molecule has 2 aliphatic rings. The average Bonchev–Trinajstić information content (AvgIpc) is 3.24. The summed E-state index contributed by atoms with van der Waals surface area (Å²) in [6, 6.07) is 14.4. The van der Waals surface area contributed by atoms with Crippen molar-refractivity contribution in [3.63, 3.8) is 0 Å². The van der Waals surface area contributed by atoms with Gasteiger partial charge in [-0.05, 0) is 31.2 Å². The molecule has 2 aliphatic heterocycles. The van der Waals surface area contributed by atoms with E-state index in [-0.39, 0.29) is 5.95 Å². The molecule has 2 N–H and O–H groups in total. The van der Waals surface area contributed by atoms with Crippen molar-refractivity contribution in [1.29, 1.82) is 0 Å². The Labute approximate surface area is 182 Å². The van der Waals surface area contributed by atoms with Gasteiger partial charge in [-0.3, -0.25) is 9.89 Å². The summed E-state index contributed by atoms with van der Waals surface area (Å²) in [6.07, 6.45) is 1.91. The Kier molecular flexibility index (Phi) is 5.30. The molecule has 0 bridgehead atoms. The Morgan fingerprint density at radius 3 is 2.52 bits per heavy atom. The minimum Gasteiger partial charge on any atom is -0.460 e. The molecular formula is C23H27N7O. The Balaban J connectivity index is 1.26. The maximum absolute atomic E-state index is 6.04. The summed E-state index contributed by atoms with van der Waals surface area (Å²) < 4.78 is 5.78. The van der Waals surface area contributed by atoms with Crippen molar-refractivity contribution in [3.05, 3.63) is 48.2 Å². The minimum absolute atomic E-state index is 0.237. The number of aromatic nitrogens is 2. The molecule has 31 heavy (non-hydrogen) atoms. The molecule has 0 aliphatic carbocycles. The number of nitrogen functional groups attached to an aromatic ring is 1. The highest BCUT2D eigenvalue weighted by Crippen LogP contribution is 2.38. The van der Waals surface area contributed by atoms with Crippen LogP contribution in [0.5, 0.6) is 0 Å². The van der Waals surface area contributed by atoms with Crippen LogP contribution in [0.25, 0.3) is 11.5 Å². The zero-order valence-electron chi connectivity index (χ0n) is 17.7. The van der Waals surface area contributed by atoms with Crippen LogP contribution in [-0.2, 0) is 0 Å². The van der Waals surface area contributed by atoms with E-state index in [2.05, 4.69) is 60.0 Å². The van der Waals surface area contributed by atoms with Crippen LogP contribution < -0.4 is 15.5 Å². The first-order valence-corrected chi connectivity index (χ1v) is 10.7. The number of benzene rings is 1. The van der Waals surface area contributed by atoms with Crippen molar-refractivity contribution in [3.8, 4) is 11.5 Å². The van der Waals surface area contributed by atoms with Gasteiger partial charge in [-0.2, -0.15) is 4.98 Å². The fourth-order valence-corrected chi connectivity index (χ4v) is 4.18. The standard InChI is InChI=1S/C23H27N7O/c1-17-7-8-19(31-17)20-21-22(27-23(24)26-20)30(10-9-25-21)16-13-28-11-14-29(15-12-28)18-5-3-2-4-6-18/h2-9H,10-16H2,1H3,(H2,24,26,27). The van der Waals surface area contributed by atoms with Gasteiger partial charge < -0.3 is 20.0 Å². The number of nitrogens with zero attached hydrogens (tertiary/aromatic N) is 6. The van der Waals surface area contributed by atoms with E-state index in [1.165, 1.54) is 5.69 Å². The van der Waals surface area contributed by atoms with Crippen molar-refractivity contribution in [2.75, 3.05) is 61.3 Å². The van der Waals surface area contributed by atoms with E-state index in [9.17, 15) is 0 Å². The first-order chi connectivity index (χ1) is 15.2. The van der Waals surface area contributed by atoms with Crippen molar-refractivity contribution >= 4 is 29.4 Å². The van der Waals surface area contributed by atoms with Crippen LogP contribution in [0.1, 0.15) is 5.76 Å². The van der Waals surface area contributed by atoms with E-state index in [1.54, 1.807) is 0 Å². The van der Waals surface area contributed by atoms with E-state index in [1.807, 2.05) is 25.3 Å². The van der Waals surface area contributed by atoms with Crippen LogP contribution in [0, 0.1) is 6.92 Å². The molecule has 8 nitrogen and oxygen atoms in total. The van der Waals surface area contributed by atoms with E-state index in [0.29, 0.717) is 18.0 Å². The number of piperazine rings is 1. The molecule has 8 heteroatoms. The third-order valence-corrected chi connectivity index (χ3v) is 5.86. The van der Waals surface area contributed by atoms with Crippen LogP contribution in [-0.4, -0.2) is 66.9 Å². The van der Waals surface area contributed by atoms with Gasteiger partial charge in [-0.15, -0.1) is 0 Å². The molecule has 1 saturated heterocycles. The number of anilines is 3. The summed E-state index contributed by atoms with van der Waals surface area (Å²) in [6.45, 7) is 8.63. The van der Waals surface area contributed by atoms with Crippen LogP contribution in [0.2, 0.25) is 0 Å². The van der Waals surface area contributed by atoms with Gasteiger partial charge >= 0.3 is 0 Å². The lowest BCUT2D eigenvalue weighted by Crippen LogP contribution is -2.49. The van der Waals surface area contributed by atoms with Gasteiger partial charge in [-0.25, -0.2) is 4.98 Å². The molecule has 0 saturated carbocycles. The minimum atomic E-state index is 0.237. The highest BCUT2D eigenvalue weighted by atomic mass is 16.3. The Morgan fingerprint density at radius 2 is 1.77 bits per heavy atom. The lowest BCUT2D eigenvalue weighted by molar-refractivity contribution is 0.263. The number of aryl methyl sites for hydroxylation is 1. The van der Waals surface area contributed by atoms with Gasteiger partial charge in [0.25, 0.3) is 0 Å². The molecule has 1 aromatic carbocycles. The molecule has 1 fully saturated rings. The average molecular weight is 418 g/mol. The summed E-state index contributed by atoms with van der Waals surface area (Å²) in [5.74, 6) is 2.51. The van der Waals surface area contributed by atoms with Crippen LogP contribution >= 0.6 is 0 Å². The molecule has 160 valence electrons. The number of furan rings is 1. The maximum atomic E-state index is 6.04. The second-order valence-electron chi connectivity index (χ2n) is 7.93. The Morgan fingerprint density at radius 1 is 0.968 bits per heavy atom. The summed E-state index contributed by atoms with van der Waals surface area (Å²) in [4.78, 5) is 20.7. The molecular weight excluding hydrogens is 390 g/mol. The van der Waals surface area contributed by atoms with Crippen LogP contribution in [0.3, 0.4) is 0 Å². The molecule has 5 rings (SSSR count). The summed E-state index contributed by atoms with van der Waals surface area (Å²) in [5.41, 5.74) is 8.71. The fraction of sp³-hybridized carbons (Fsp3) is 0.348. The molecule has 0 amide bonds. The highest BCUT2D eigenvalue weighted by Gasteiger charge is 2.25. The fourth-order valence-electron chi connectivity index (χ4n) is 4.18. The van der Waals surface area contributed by atoms with Crippen molar-refractivity contribution in [1.82, 2.24) is 14.9 Å². The predicted octanol–water partition coefficient (Wildman–Crippen LogP) is 2.97. The van der Waals surface area contributed by atoms with E-state index in [0.717, 1.165) is 56.5 Å². The zero-order valence-corrected chi connectivity index (χ0v) is 17.7. The molecule has 0 radical (unpaired) electrons. The maximum Gasteiger partial charge on any atom is 0.222 e. The summed E-state index contributed by atoms with van der Waals surface area (Å²) in [5, 5.41) is 0. The number of hydrogen-bond donors (Lipinski definition) is 1. The summed E-state index contributed by atoms with van der Waals surface area (Å²) in [7, 11) is 0. The molecule has 4 heterocycles. The monoisotopic (exact) mass is 417 g/mol. The normalized spacial score (nSPS) is 16.5. The number of nitrogens with two attached hydrogens (primary N) is 1. The van der Waals surface area contributed by atoms with Crippen molar-refractivity contribution in [2.45, 2.75) is 6.92 Å². The number of aliphatic imine (C=N–C) groups is 1. The smallest absolute Gasteiger partial charge is 0.222 e. The quantitative estimate of drug-likeness (QED) is 0.683. The third kappa shape index (κ3) is 4.11. The van der Waals surface area contributed by atoms with E-state index < -0.39 is 0 Å².